The number of anilines is 1. The van der Waals surface area contributed by atoms with Gasteiger partial charge < -0.3 is 10.1 Å². The van der Waals surface area contributed by atoms with Crippen LogP contribution in [0.3, 0.4) is 0 Å². The number of nitro groups is 1. The van der Waals surface area contributed by atoms with E-state index >= 15 is 0 Å². The quantitative estimate of drug-likeness (QED) is 0.494. The van der Waals surface area contributed by atoms with Crippen LogP contribution in [-0.4, -0.2) is 16.5 Å². The van der Waals surface area contributed by atoms with Gasteiger partial charge in [-0.05, 0) is 6.07 Å². The first-order valence-corrected chi connectivity index (χ1v) is 6.41. The highest BCUT2D eigenvalue weighted by molar-refractivity contribution is 6.29. The minimum absolute atomic E-state index is 0.00666. The Bertz CT molecular complexity index is 685. The molecule has 0 bridgehead atoms. The second-order valence-corrected chi connectivity index (χ2v) is 4.51. The summed E-state index contributed by atoms with van der Waals surface area (Å²) in [6.45, 7) is -2.91. The average Bonchev–Trinajstić information content (AvgIpc) is 2.45. The third-order valence-electron chi connectivity index (χ3n) is 2.70. The van der Waals surface area contributed by atoms with E-state index in [-0.39, 0.29) is 28.8 Å². The van der Waals surface area contributed by atoms with E-state index in [0.29, 0.717) is 5.56 Å². The zero-order valence-electron chi connectivity index (χ0n) is 11.0. The molecule has 22 heavy (non-hydrogen) atoms. The first-order valence-electron chi connectivity index (χ1n) is 6.04. The van der Waals surface area contributed by atoms with Crippen molar-refractivity contribution in [1.82, 2.24) is 4.98 Å². The number of para-hydroxylation sites is 1. The Hall–Kier alpha value is -2.48. The van der Waals surface area contributed by atoms with Gasteiger partial charge in [0, 0.05) is 18.2 Å². The standard InChI is InChI=1S/C13H10ClF2N3O3/c14-12-5-9(10(7-18-12)19(20)21)17-6-8-3-1-2-4-11(8)22-13(15)16/h1-5,7,13H,6H2,(H,17,18). The molecule has 1 aromatic carbocycles. The summed E-state index contributed by atoms with van der Waals surface area (Å²) in [6, 6.07) is 7.43. The molecule has 1 N–H and O–H groups in total. The van der Waals surface area contributed by atoms with Gasteiger partial charge >= 0.3 is 12.3 Å². The molecule has 0 aliphatic heterocycles. The molecule has 0 saturated heterocycles. The Morgan fingerprint density at radius 2 is 2.14 bits per heavy atom. The van der Waals surface area contributed by atoms with E-state index in [2.05, 4.69) is 15.0 Å². The van der Waals surface area contributed by atoms with E-state index in [1.54, 1.807) is 18.2 Å². The maximum absolute atomic E-state index is 12.3. The Kier molecular flexibility index (Phi) is 5.05. The lowest BCUT2D eigenvalue weighted by Gasteiger charge is -2.12. The fourth-order valence-corrected chi connectivity index (χ4v) is 1.92. The van der Waals surface area contributed by atoms with Gasteiger partial charge in [-0.2, -0.15) is 8.78 Å². The number of pyridine rings is 1. The largest absolute Gasteiger partial charge is 0.434 e. The highest BCUT2D eigenvalue weighted by Gasteiger charge is 2.16. The molecule has 0 aliphatic rings. The van der Waals surface area contributed by atoms with Gasteiger partial charge in [0.1, 0.15) is 22.8 Å². The zero-order valence-corrected chi connectivity index (χ0v) is 11.8. The second-order valence-electron chi connectivity index (χ2n) is 4.12. The third kappa shape index (κ3) is 4.01. The topological polar surface area (TPSA) is 77.3 Å². The molecular formula is C13H10ClF2N3O3. The molecule has 0 radical (unpaired) electrons. The normalized spacial score (nSPS) is 10.5. The predicted molar refractivity (Wildman–Crippen MR) is 76.3 cm³/mol. The van der Waals surface area contributed by atoms with Crippen molar-refractivity contribution < 1.29 is 18.4 Å². The molecular weight excluding hydrogens is 320 g/mol. The molecule has 0 atom stereocenters. The van der Waals surface area contributed by atoms with Crippen LogP contribution < -0.4 is 10.1 Å². The Labute approximate surface area is 128 Å². The minimum Gasteiger partial charge on any atom is -0.434 e. The number of alkyl halides is 2. The van der Waals surface area contributed by atoms with E-state index in [4.69, 9.17) is 11.6 Å². The average molecular weight is 330 g/mol. The molecule has 2 aromatic rings. The van der Waals surface area contributed by atoms with Crippen LogP contribution in [0.5, 0.6) is 5.75 Å². The van der Waals surface area contributed by atoms with Crippen LogP contribution in [0.4, 0.5) is 20.2 Å². The van der Waals surface area contributed by atoms with Crippen LogP contribution in [0.15, 0.2) is 36.5 Å². The summed E-state index contributed by atoms with van der Waals surface area (Å²) in [4.78, 5) is 13.9. The van der Waals surface area contributed by atoms with Crippen LogP contribution in [0.1, 0.15) is 5.56 Å². The van der Waals surface area contributed by atoms with Gasteiger partial charge in [0.05, 0.1) is 4.92 Å². The van der Waals surface area contributed by atoms with Gasteiger partial charge in [-0.15, -0.1) is 0 Å². The van der Waals surface area contributed by atoms with Crippen LogP contribution in [0, 0.1) is 10.1 Å². The van der Waals surface area contributed by atoms with E-state index in [9.17, 15) is 18.9 Å². The summed E-state index contributed by atoms with van der Waals surface area (Å²) in [5, 5.41) is 13.8. The van der Waals surface area contributed by atoms with Crippen LogP contribution >= 0.6 is 11.6 Å². The Morgan fingerprint density at radius 1 is 1.41 bits per heavy atom. The van der Waals surface area contributed by atoms with Gasteiger partial charge in [0.15, 0.2) is 0 Å². The number of halogens is 3. The molecule has 1 aromatic heterocycles. The maximum Gasteiger partial charge on any atom is 0.387 e. The molecule has 0 amide bonds. The lowest BCUT2D eigenvalue weighted by atomic mass is 10.2. The van der Waals surface area contributed by atoms with E-state index in [1.165, 1.54) is 12.1 Å². The number of rotatable bonds is 6. The Morgan fingerprint density at radius 3 is 2.82 bits per heavy atom. The van der Waals surface area contributed by atoms with Gasteiger partial charge in [-0.3, -0.25) is 10.1 Å². The highest BCUT2D eigenvalue weighted by Crippen LogP contribution is 2.27. The molecule has 116 valence electrons. The summed E-state index contributed by atoms with van der Waals surface area (Å²) >= 11 is 5.71. The highest BCUT2D eigenvalue weighted by atomic mass is 35.5. The summed E-state index contributed by atoms with van der Waals surface area (Å²) in [5.41, 5.74) is 0.290. The maximum atomic E-state index is 12.3. The number of hydrogen-bond donors (Lipinski definition) is 1. The van der Waals surface area contributed by atoms with Gasteiger partial charge in [-0.25, -0.2) is 4.98 Å². The lowest BCUT2D eigenvalue weighted by molar-refractivity contribution is -0.384. The number of ether oxygens (including phenoxy) is 1. The number of aromatic nitrogens is 1. The fourth-order valence-electron chi connectivity index (χ4n) is 1.76. The lowest BCUT2D eigenvalue weighted by Crippen LogP contribution is -2.08. The van der Waals surface area contributed by atoms with Crippen molar-refractivity contribution in [2.24, 2.45) is 0 Å². The minimum atomic E-state index is -2.95. The van der Waals surface area contributed by atoms with Crippen molar-refractivity contribution in [2.45, 2.75) is 13.2 Å². The molecule has 0 aliphatic carbocycles. The molecule has 6 nitrogen and oxygen atoms in total. The smallest absolute Gasteiger partial charge is 0.387 e. The van der Waals surface area contributed by atoms with E-state index in [0.717, 1.165) is 6.20 Å². The van der Waals surface area contributed by atoms with Crippen LogP contribution in [-0.2, 0) is 6.54 Å². The number of nitrogens with one attached hydrogen (secondary N) is 1. The zero-order chi connectivity index (χ0) is 16.1. The Balaban J connectivity index is 2.20. The summed E-state index contributed by atoms with van der Waals surface area (Å²) < 4.78 is 29.0. The molecule has 0 fully saturated rings. The SMILES string of the molecule is O=[N+]([O-])c1cnc(Cl)cc1NCc1ccccc1OC(F)F. The van der Waals surface area contributed by atoms with E-state index in [1.807, 2.05) is 0 Å². The first-order chi connectivity index (χ1) is 10.5. The summed E-state index contributed by atoms with van der Waals surface area (Å²) in [6.07, 6.45) is 1.02. The van der Waals surface area contributed by atoms with E-state index < -0.39 is 11.5 Å². The van der Waals surface area contributed by atoms with Gasteiger partial charge in [0.25, 0.3) is 0 Å². The molecule has 0 unspecified atom stereocenters. The molecule has 0 spiro atoms. The van der Waals surface area contributed by atoms with Crippen molar-refractivity contribution in [3.63, 3.8) is 0 Å². The van der Waals surface area contributed by atoms with Crippen molar-refractivity contribution in [3.8, 4) is 5.75 Å². The van der Waals surface area contributed by atoms with Crippen LogP contribution in [0.2, 0.25) is 5.15 Å². The summed E-state index contributed by atoms with van der Waals surface area (Å²) in [7, 11) is 0. The van der Waals surface area contributed by atoms with Gasteiger partial charge in [-0.1, -0.05) is 29.8 Å². The molecule has 1 heterocycles. The van der Waals surface area contributed by atoms with Crippen molar-refractivity contribution in [1.29, 1.82) is 0 Å². The second kappa shape index (κ2) is 6.99. The van der Waals surface area contributed by atoms with Crippen molar-refractivity contribution in [3.05, 3.63) is 57.4 Å². The first kappa shape index (κ1) is 15.9. The fraction of sp³-hybridized carbons (Fsp3) is 0.154. The number of nitrogens with zero attached hydrogens (tertiary/aromatic N) is 2. The third-order valence-corrected chi connectivity index (χ3v) is 2.91. The molecule has 9 heteroatoms. The number of hydrogen-bond acceptors (Lipinski definition) is 5. The number of benzene rings is 1. The predicted octanol–water partition coefficient (Wildman–Crippen LogP) is 3.86. The molecule has 2 rings (SSSR count). The van der Waals surface area contributed by atoms with Crippen LogP contribution in [0.25, 0.3) is 0 Å². The van der Waals surface area contributed by atoms with Crippen molar-refractivity contribution in [2.75, 3.05) is 5.32 Å². The monoisotopic (exact) mass is 329 g/mol. The van der Waals surface area contributed by atoms with Gasteiger partial charge in [0.2, 0.25) is 0 Å². The molecule has 0 saturated carbocycles. The van der Waals surface area contributed by atoms with Crippen molar-refractivity contribution >= 4 is 23.0 Å². The summed E-state index contributed by atoms with van der Waals surface area (Å²) in [5.74, 6) is -0.00666.